The predicted molar refractivity (Wildman–Crippen MR) is 90.0 cm³/mol. The molecule has 4 saturated carbocycles. The quantitative estimate of drug-likeness (QED) is 0.659. The SMILES string of the molecule is Cc1ccc(/C=N/NC(=O)CC23CC4CC(CC(C4)C2)C3)s1. The van der Waals surface area contributed by atoms with E-state index in [9.17, 15) is 4.79 Å². The summed E-state index contributed by atoms with van der Waals surface area (Å²) in [6, 6.07) is 4.11. The highest BCUT2D eigenvalue weighted by Gasteiger charge is 2.51. The van der Waals surface area contributed by atoms with Crippen LogP contribution in [-0.2, 0) is 4.79 Å². The second kappa shape index (κ2) is 5.48. The molecular formula is C18H24N2OS. The molecule has 4 aliphatic rings. The molecule has 4 bridgehead atoms. The fourth-order valence-electron chi connectivity index (χ4n) is 5.58. The van der Waals surface area contributed by atoms with Gasteiger partial charge >= 0.3 is 0 Å². The maximum atomic E-state index is 12.3. The lowest BCUT2D eigenvalue weighted by Crippen LogP contribution is -2.47. The fourth-order valence-corrected chi connectivity index (χ4v) is 6.33. The van der Waals surface area contributed by atoms with E-state index in [1.807, 2.05) is 6.07 Å². The van der Waals surface area contributed by atoms with Crippen molar-refractivity contribution in [3.8, 4) is 0 Å². The number of nitrogens with zero attached hydrogens (tertiary/aromatic N) is 1. The molecule has 4 fully saturated rings. The van der Waals surface area contributed by atoms with E-state index in [0.717, 1.165) is 22.6 Å². The van der Waals surface area contributed by atoms with Crippen LogP contribution in [0.2, 0.25) is 0 Å². The third-order valence-corrected chi connectivity index (χ3v) is 6.78. The number of hydrogen-bond donors (Lipinski definition) is 1. The minimum absolute atomic E-state index is 0.103. The van der Waals surface area contributed by atoms with Crippen LogP contribution in [0.25, 0.3) is 0 Å². The van der Waals surface area contributed by atoms with Crippen molar-refractivity contribution in [1.82, 2.24) is 5.43 Å². The van der Waals surface area contributed by atoms with Gasteiger partial charge in [0.25, 0.3) is 0 Å². The molecule has 1 N–H and O–H groups in total. The van der Waals surface area contributed by atoms with Crippen molar-refractivity contribution in [2.45, 2.75) is 51.9 Å². The van der Waals surface area contributed by atoms with Crippen LogP contribution in [0.5, 0.6) is 0 Å². The summed E-state index contributed by atoms with van der Waals surface area (Å²) in [6.07, 6.45) is 10.6. The Bertz CT molecular complexity index is 569. The Kier molecular flexibility index (Phi) is 3.60. The Labute approximate surface area is 136 Å². The smallest absolute Gasteiger partial charge is 0.240 e. The fraction of sp³-hybridized carbons (Fsp3) is 0.667. The molecule has 1 aromatic rings. The van der Waals surface area contributed by atoms with E-state index in [-0.39, 0.29) is 5.91 Å². The Balaban J connectivity index is 1.35. The number of rotatable bonds is 4. The average molecular weight is 316 g/mol. The highest BCUT2D eigenvalue weighted by molar-refractivity contribution is 7.13. The summed E-state index contributed by atoms with van der Waals surface area (Å²) >= 11 is 1.69. The van der Waals surface area contributed by atoms with E-state index in [1.165, 1.54) is 43.4 Å². The first-order valence-corrected chi connectivity index (χ1v) is 9.30. The van der Waals surface area contributed by atoms with Gasteiger partial charge in [0.15, 0.2) is 0 Å². The number of carbonyl (C=O) groups excluding carboxylic acids is 1. The second-order valence-corrected chi connectivity index (χ2v) is 9.16. The molecule has 4 aliphatic carbocycles. The topological polar surface area (TPSA) is 41.5 Å². The van der Waals surface area contributed by atoms with E-state index in [1.54, 1.807) is 17.6 Å². The number of hydrazone groups is 1. The van der Waals surface area contributed by atoms with Gasteiger partial charge in [0, 0.05) is 16.2 Å². The van der Waals surface area contributed by atoms with Crippen LogP contribution in [0.1, 0.15) is 54.7 Å². The van der Waals surface area contributed by atoms with Gasteiger partial charge in [-0.15, -0.1) is 11.3 Å². The van der Waals surface area contributed by atoms with Crippen LogP contribution in [0, 0.1) is 30.1 Å². The van der Waals surface area contributed by atoms with Gasteiger partial charge < -0.3 is 0 Å². The maximum Gasteiger partial charge on any atom is 0.240 e. The van der Waals surface area contributed by atoms with Crippen molar-refractivity contribution in [3.63, 3.8) is 0 Å². The van der Waals surface area contributed by atoms with E-state index in [4.69, 9.17) is 0 Å². The largest absolute Gasteiger partial charge is 0.273 e. The molecule has 0 spiro atoms. The zero-order valence-corrected chi connectivity index (χ0v) is 14.0. The molecule has 22 heavy (non-hydrogen) atoms. The number of amides is 1. The first kappa shape index (κ1) is 14.4. The van der Waals surface area contributed by atoms with Crippen LogP contribution >= 0.6 is 11.3 Å². The number of nitrogens with one attached hydrogen (secondary N) is 1. The molecular weight excluding hydrogens is 292 g/mol. The molecule has 5 rings (SSSR count). The van der Waals surface area contributed by atoms with Gasteiger partial charge in [-0.25, -0.2) is 5.43 Å². The summed E-state index contributed by atoms with van der Waals surface area (Å²) in [7, 11) is 0. The van der Waals surface area contributed by atoms with Crippen molar-refractivity contribution in [1.29, 1.82) is 0 Å². The van der Waals surface area contributed by atoms with Gasteiger partial charge in [-0.3, -0.25) is 4.79 Å². The summed E-state index contributed by atoms with van der Waals surface area (Å²) in [6.45, 7) is 2.08. The van der Waals surface area contributed by atoms with Gasteiger partial charge in [-0.1, -0.05) is 0 Å². The van der Waals surface area contributed by atoms with Gasteiger partial charge in [-0.2, -0.15) is 5.10 Å². The van der Waals surface area contributed by atoms with Crippen molar-refractivity contribution < 1.29 is 4.79 Å². The third kappa shape index (κ3) is 2.85. The maximum absolute atomic E-state index is 12.3. The molecule has 0 aliphatic heterocycles. The summed E-state index contributed by atoms with van der Waals surface area (Å²) in [5.41, 5.74) is 3.05. The molecule has 1 amide bonds. The highest BCUT2D eigenvalue weighted by Crippen LogP contribution is 2.61. The van der Waals surface area contributed by atoms with Crippen molar-refractivity contribution in [2.75, 3.05) is 0 Å². The molecule has 4 heteroatoms. The van der Waals surface area contributed by atoms with Gasteiger partial charge in [0.1, 0.15) is 0 Å². The molecule has 0 unspecified atom stereocenters. The lowest BCUT2D eigenvalue weighted by atomic mass is 9.49. The van der Waals surface area contributed by atoms with E-state index < -0.39 is 0 Å². The average Bonchev–Trinajstić information content (AvgIpc) is 2.82. The lowest BCUT2D eigenvalue weighted by Gasteiger charge is -2.56. The summed E-state index contributed by atoms with van der Waals surface area (Å²) in [5.74, 6) is 2.80. The van der Waals surface area contributed by atoms with Crippen LogP contribution < -0.4 is 5.43 Å². The summed E-state index contributed by atoms with van der Waals surface area (Å²) < 4.78 is 0. The molecule has 118 valence electrons. The van der Waals surface area contributed by atoms with Crippen molar-refractivity contribution in [2.24, 2.45) is 28.3 Å². The van der Waals surface area contributed by atoms with Gasteiger partial charge in [0.2, 0.25) is 5.91 Å². The molecule has 1 aromatic heterocycles. The molecule has 0 saturated heterocycles. The number of carbonyl (C=O) groups is 1. The highest BCUT2D eigenvalue weighted by atomic mass is 32.1. The molecule has 1 heterocycles. The van der Waals surface area contributed by atoms with E-state index in [2.05, 4.69) is 23.5 Å². The molecule has 0 radical (unpaired) electrons. The summed E-state index contributed by atoms with van der Waals surface area (Å²) in [4.78, 5) is 14.7. The normalized spacial score (nSPS) is 36.1. The monoisotopic (exact) mass is 316 g/mol. The Morgan fingerprint density at radius 1 is 1.27 bits per heavy atom. The number of thiophene rings is 1. The zero-order chi connectivity index (χ0) is 15.2. The van der Waals surface area contributed by atoms with Crippen LogP contribution in [0.4, 0.5) is 0 Å². The van der Waals surface area contributed by atoms with Gasteiger partial charge in [0.05, 0.1) is 6.21 Å². The van der Waals surface area contributed by atoms with Crippen molar-refractivity contribution >= 4 is 23.5 Å². The minimum Gasteiger partial charge on any atom is -0.273 e. The van der Waals surface area contributed by atoms with Crippen LogP contribution in [0.15, 0.2) is 17.2 Å². The molecule has 3 nitrogen and oxygen atoms in total. The van der Waals surface area contributed by atoms with Crippen molar-refractivity contribution in [3.05, 3.63) is 21.9 Å². The standard InChI is InChI=1S/C18H24N2OS/c1-12-2-3-16(22-12)11-19-20-17(21)10-18-7-13-4-14(8-18)6-15(5-13)9-18/h2-3,11,13-15H,4-10H2,1H3,(H,20,21)/b19-11+. The zero-order valence-electron chi connectivity index (χ0n) is 13.2. The number of aryl methyl sites for hydroxylation is 1. The van der Waals surface area contributed by atoms with Crippen LogP contribution in [-0.4, -0.2) is 12.1 Å². The lowest BCUT2D eigenvalue weighted by molar-refractivity contribution is -0.129. The Hall–Kier alpha value is -1.16. The predicted octanol–water partition coefficient (Wildman–Crippen LogP) is 4.11. The Morgan fingerprint density at radius 2 is 1.91 bits per heavy atom. The van der Waals surface area contributed by atoms with E-state index >= 15 is 0 Å². The van der Waals surface area contributed by atoms with Crippen LogP contribution in [0.3, 0.4) is 0 Å². The first-order valence-electron chi connectivity index (χ1n) is 8.49. The van der Waals surface area contributed by atoms with Gasteiger partial charge in [-0.05, 0) is 80.8 Å². The molecule has 0 aromatic carbocycles. The second-order valence-electron chi connectivity index (χ2n) is 7.84. The molecule has 0 atom stereocenters. The minimum atomic E-state index is 0.103. The Morgan fingerprint density at radius 3 is 2.45 bits per heavy atom. The summed E-state index contributed by atoms with van der Waals surface area (Å²) in [5, 5.41) is 4.14. The third-order valence-electron chi connectivity index (χ3n) is 5.84. The first-order chi connectivity index (χ1) is 10.6. The van der Waals surface area contributed by atoms with E-state index in [0.29, 0.717) is 11.8 Å². The number of hydrogen-bond acceptors (Lipinski definition) is 3.